The summed E-state index contributed by atoms with van der Waals surface area (Å²) in [6, 6.07) is 16.3. The van der Waals surface area contributed by atoms with E-state index in [4.69, 9.17) is 11.6 Å². The molecule has 0 saturated heterocycles. The fourth-order valence-corrected chi connectivity index (χ4v) is 3.23. The minimum Gasteiger partial charge on any atom is -0.386 e. The van der Waals surface area contributed by atoms with Crippen molar-refractivity contribution >= 4 is 22.4 Å². The number of aliphatic hydroxyl groups is 1. The van der Waals surface area contributed by atoms with Gasteiger partial charge in [0.15, 0.2) is 0 Å². The lowest BCUT2D eigenvalue weighted by molar-refractivity contribution is 0.193. The third-order valence-corrected chi connectivity index (χ3v) is 4.97. The third kappa shape index (κ3) is 3.44. The summed E-state index contributed by atoms with van der Waals surface area (Å²) in [6.07, 6.45) is -0.954. The van der Waals surface area contributed by atoms with Crippen LogP contribution in [-0.4, -0.2) is 14.0 Å². The standard InChI is InChI=1S/C15H15ClO2S/c1-11-7-9-13(10-8-11)19(18)15(16)14(17)12-5-3-2-4-6-12/h2-10,14-15,17H,1H3/t14-,15-,19+/m0/s1. The smallest absolute Gasteiger partial charge is 0.143 e. The summed E-state index contributed by atoms with van der Waals surface area (Å²) in [5.74, 6) is 0. The first-order valence-electron chi connectivity index (χ1n) is 5.94. The van der Waals surface area contributed by atoms with E-state index in [2.05, 4.69) is 0 Å². The van der Waals surface area contributed by atoms with Crippen molar-refractivity contribution in [2.75, 3.05) is 0 Å². The molecule has 4 heteroatoms. The topological polar surface area (TPSA) is 37.3 Å². The Morgan fingerprint density at radius 3 is 2.21 bits per heavy atom. The summed E-state index contributed by atoms with van der Waals surface area (Å²) in [6.45, 7) is 1.96. The van der Waals surface area contributed by atoms with Crippen LogP contribution in [0.3, 0.4) is 0 Å². The van der Waals surface area contributed by atoms with Crippen LogP contribution in [0.4, 0.5) is 0 Å². The molecule has 2 aromatic rings. The molecule has 0 amide bonds. The highest BCUT2D eigenvalue weighted by Crippen LogP contribution is 2.27. The van der Waals surface area contributed by atoms with Gasteiger partial charge in [-0.3, -0.25) is 4.21 Å². The lowest BCUT2D eigenvalue weighted by Crippen LogP contribution is -2.18. The summed E-state index contributed by atoms with van der Waals surface area (Å²) in [5.41, 5.74) is 1.76. The zero-order valence-corrected chi connectivity index (χ0v) is 12.1. The summed E-state index contributed by atoms with van der Waals surface area (Å²) >= 11 is 6.14. The monoisotopic (exact) mass is 294 g/mol. The molecule has 2 aromatic carbocycles. The normalized spacial score (nSPS) is 15.7. The van der Waals surface area contributed by atoms with Gasteiger partial charge in [-0.2, -0.15) is 0 Å². The molecular formula is C15H15ClO2S. The van der Waals surface area contributed by atoms with E-state index in [1.807, 2.05) is 37.3 Å². The molecule has 0 aliphatic heterocycles. The van der Waals surface area contributed by atoms with Gasteiger partial charge in [0.1, 0.15) is 10.8 Å². The Morgan fingerprint density at radius 2 is 1.63 bits per heavy atom. The molecule has 0 aliphatic rings. The lowest BCUT2D eigenvalue weighted by Gasteiger charge is -2.17. The molecule has 0 spiro atoms. The number of hydrogen-bond acceptors (Lipinski definition) is 2. The van der Waals surface area contributed by atoms with E-state index < -0.39 is 21.6 Å². The molecular weight excluding hydrogens is 280 g/mol. The summed E-state index contributed by atoms with van der Waals surface area (Å²) in [4.78, 5) is 0.626. The molecule has 100 valence electrons. The van der Waals surface area contributed by atoms with Crippen LogP contribution < -0.4 is 0 Å². The van der Waals surface area contributed by atoms with Crippen molar-refractivity contribution in [1.29, 1.82) is 0 Å². The molecule has 1 N–H and O–H groups in total. The highest BCUT2D eigenvalue weighted by atomic mass is 35.5. The summed E-state index contributed by atoms with van der Waals surface area (Å²) < 4.78 is 11.4. The van der Waals surface area contributed by atoms with Crippen molar-refractivity contribution in [1.82, 2.24) is 0 Å². The third-order valence-electron chi connectivity index (χ3n) is 2.85. The minimum atomic E-state index is -1.45. The van der Waals surface area contributed by atoms with Crippen molar-refractivity contribution < 1.29 is 9.32 Å². The second kappa shape index (κ2) is 6.33. The lowest BCUT2D eigenvalue weighted by atomic mass is 10.1. The quantitative estimate of drug-likeness (QED) is 0.878. The van der Waals surface area contributed by atoms with Crippen molar-refractivity contribution in [3.8, 4) is 0 Å². The van der Waals surface area contributed by atoms with Crippen LogP contribution in [0, 0.1) is 6.92 Å². The molecule has 0 bridgehead atoms. The fourth-order valence-electron chi connectivity index (χ4n) is 1.72. The minimum absolute atomic E-state index is 0.626. The number of aryl methyl sites for hydroxylation is 1. The molecule has 0 aliphatic carbocycles. The first kappa shape index (κ1) is 14.3. The maximum absolute atomic E-state index is 12.3. The first-order chi connectivity index (χ1) is 9.09. The molecule has 0 unspecified atom stereocenters. The van der Waals surface area contributed by atoms with Crippen molar-refractivity contribution in [2.45, 2.75) is 22.6 Å². The summed E-state index contributed by atoms with van der Waals surface area (Å²) in [7, 11) is -1.45. The van der Waals surface area contributed by atoms with Crippen LogP contribution in [0.2, 0.25) is 0 Å². The van der Waals surface area contributed by atoms with Gasteiger partial charge >= 0.3 is 0 Å². The molecule has 0 saturated carbocycles. The van der Waals surface area contributed by atoms with E-state index in [-0.39, 0.29) is 0 Å². The van der Waals surface area contributed by atoms with Crippen LogP contribution in [0.15, 0.2) is 59.5 Å². The molecule has 19 heavy (non-hydrogen) atoms. The zero-order chi connectivity index (χ0) is 13.8. The van der Waals surface area contributed by atoms with Crippen molar-refractivity contribution in [3.05, 3.63) is 65.7 Å². The van der Waals surface area contributed by atoms with Gasteiger partial charge in [-0.1, -0.05) is 48.0 Å². The highest BCUT2D eigenvalue weighted by molar-refractivity contribution is 7.87. The van der Waals surface area contributed by atoms with Crippen LogP contribution >= 0.6 is 11.6 Å². The van der Waals surface area contributed by atoms with E-state index in [1.165, 1.54) is 0 Å². The number of halogens is 1. The second-order valence-electron chi connectivity index (χ2n) is 4.32. The number of rotatable bonds is 4. The molecule has 3 atom stereocenters. The van der Waals surface area contributed by atoms with E-state index >= 15 is 0 Å². The van der Waals surface area contributed by atoms with Gasteiger partial charge in [0.25, 0.3) is 0 Å². The predicted molar refractivity (Wildman–Crippen MR) is 78.6 cm³/mol. The summed E-state index contributed by atoms with van der Waals surface area (Å²) in [5, 5.41) is 10.2. The van der Waals surface area contributed by atoms with Gasteiger partial charge in [-0.25, -0.2) is 0 Å². The highest BCUT2D eigenvalue weighted by Gasteiger charge is 2.25. The molecule has 2 rings (SSSR count). The Labute approximate surface area is 120 Å². The van der Waals surface area contributed by atoms with Gasteiger partial charge in [0.2, 0.25) is 0 Å². The number of alkyl halides is 1. The van der Waals surface area contributed by atoms with E-state index in [1.54, 1.807) is 24.3 Å². The van der Waals surface area contributed by atoms with Gasteiger partial charge in [0, 0.05) is 4.90 Å². The molecule has 0 aromatic heterocycles. The average molecular weight is 295 g/mol. The van der Waals surface area contributed by atoms with E-state index in [9.17, 15) is 9.32 Å². The Bertz CT molecular complexity index is 554. The maximum atomic E-state index is 12.3. The predicted octanol–water partition coefficient (Wildman–Crippen LogP) is 3.40. The van der Waals surface area contributed by atoms with Crippen LogP contribution in [0.5, 0.6) is 0 Å². The number of aliphatic hydroxyl groups excluding tert-OH is 1. The second-order valence-corrected chi connectivity index (χ2v) is 6.62. The van der Waals surface area contributed by atoms with Gasteiger partial charge in [-0.15, -0.1) is 11.6 Å². The maximum Gasteiger partial charge on any atom is 0.143 e. The average Bonchev–Trinajstić information content (AvgIpc) is 2.46. The first-order valence-corrected chi connectivity index (χ1v) is 7.59. The van der Waals surface area contributed by atoms with Crippen molar-refractivity contribution in [3.63, 3.8) is 0 Å². The van der Waals surface area contributed by atoms with Crippen LogP contribution in [0.1, 0.15) is 17.2 Å². The van der Waals surface area contributed by atoms with Crippen LogP contribution in [0.25, 0.3) is 0 Å². The van der Waals surface area contributed by atoms with Gasteiger partial charge in [0.05, 0.1) is 10.8 Å². The molecule has 0 heterocycles. The molecule has 0 radical (unpaired) electrons. The molecule has 0 fully saturated rings. The Balaban J connectivity index is 2.17. The number of hydrogen-bond donors (Lipinski definition) is 1. The van der Waals surface area contributed by atoms with E-state index in [0.29, 0.717) is 10.5 Å². The largest absolute Gasteiger partial charge is 0.386 e. The Hall–Kier alpha value is -1.16. The van der Waals surface area contributed by atoms with Crippen LogP contribution in [-0.2, 0) is 10.8 Å². The number of benzene rings is 2. The Morgan fingerprint density at radius 1 is 1.05 bits per heavy atom. The van der Waals surface area contributed by atoms with Crippen molar-refractivity contribution in [2.24, 2.45) is 0 Å². The Kier molecular flexibility index (Phi) is 4.75. The van der Waals surface area contributed by atoms with Gasteiger partial charge < -0.3 is 5.11 Å². The van der Waals surface area contributed by atoms with Gasteiger partial charge in [-0.05, 0) is 24.6 Å². The fraction of sp³-hybridized carbons (Fsp3) is 0.200. The SMILES string of the molecule is Cc1ccc([S@@](=O)[C@H](Cl)[C@@H](O)c2ccccc2)cc1. The molecule has 2 nitrogen and oxygen atoms in total. The zero-order valence-electron chi connectivity index (χ0n) is 10.5. The van der Waals surface area contributed by atoms with E-state index in [0.717, 1.165) is 5.56 Å².